The Morgan fingerprint density at radius 1 is 1.60 bits per heavy atom. The molecule has 0 amide bonds. The van der Waals surface area contributed by atoms with E-state index < -0.39 is 12.2 Å². The van der Waals surface area contributed by atoms with Crippen LogP contribution in [0.15, 0.2) is 12.2 Å². The summed E-state index contributed by atoms with van der Waals surface area (Å²) in [6.07, 6.45) is 0.647. The lowest BCUT2D eigenvalue weighted by Crippen LogP contribution is -2.13. The van der Waals surface area contributed by atoms with E-state index in [4.69, 9.17) is 0 Å². The molecule has 0 aromatic heterocycles. The predicted octanol–water partition coefficient (Wildman–Crippen LogP) is 0.694. The van der Waals surface area contributed by atoms with Crippen LogP contribution in [0.3, 0.4) is 0 Å². The van der Waals surface area contributed by atoms with E-state index in [1.165, 1.54) is 0 Å². The zero-order valence-corrected chi connectivity index (χ0v) is 6.25. The molecule has 2 N–H and O–H groups in total. The van der Waals surface area contributed by atoms with E-state index in [0.717, 1.165) is 6.42 Å². The summed E-state index contributed by atoms with van der Waals surface area (Å²) >= 11 is 0. The Kier molecular flexibility index (Phi) is 2.11. The molecule has 0 aliphatic heterocycles. The van der Waals surface area contributed by atoms with Gasteiger partial charge in [-0.3, -0.25) is 0 Å². The van der Waals surface area contributed by atoms with Gasteiger partial charge in [0.25, 0.3) is 0 Å². The lowest BCUT2D eigenvalue weighted by Gasteiger charge is -2.10. The van der Waals surface area contributed by atoms with Gasteiger partial charge in [0.05, 0.1) is 12.2 Å². The van der Waals surface area contributed by atoms with Crippen molar-refractivity contribution in [3.63, 3.8) is 0 Å². The van der Waals surface area contributed by atoms with Gasteiger partial charge in [0.15, 0.2) is 0 Å². The van der Waals surface area contributed by atoms with Crippen molar-refractivity contribution in [2.45, 2.75) is 32.0 Å². The summed E-state index contributed by atoms with van der Waals surface area (Å²) in [5.41, 5.74) is 0.590. The largest absolute Gasteiger partial charge is 0.389 e. The summed E-state index contributed by atoms with van der Waals surface area (Å²) in [5.74, 6) is 0.225. The molecule has 3 atom stereocenters. The molecule has 1 rings (SSSR count). The van der Waals surface area contributed by atoms with Crippen LogP contribution in [-0.4, -0.2) is 22.4 Å². The van der Waals surface area contributed by atoms with E-state index in [0.29, 0.717) is 12.0 Å². The zero-order chi connectivity index (χ0) is 7.72. The minimum Gasteiger partial charge on any atom is -0.389 e. The van der Waals surface area contributed by atoms with Gasteiger partial charge in [0, 0.05) is 0 Å². The third kappa shape index (κ3) is 1.09. The minimum absolute atomic E-state index is 0.225. The van der Waals surface area contributed by atoms with Crippen molar-refractivity contribution >= 4 is 0 Å². The summed E-state index contributed by atoms with van der Waals surface area (Å²) < 4.78 is 0. The van der Waals surface area contributed by atoms with Crippen LogP contribution in [0.2, 0.25) is 0 Å². The molecule has 1 fully saturated rings. The lowest BCUT2D eigenvalue weighted by molar-refractivity contribution is 0.160. The van der Waals surface area contributed by atoms with Gasteiger partial charge in [0.2, 0.25) is 0 Å². The van der Waals surface area contributed by atoms with Crippen LogP contribution in [0.4, 0.5) is 0 Å². The molecule has 2 heteroatoms. The van der Waals surface area contributed by atoms with Gasteiger partial charge in [0.1, 0.15) is 0 Å². The molecule has 2 nitrogen and oxygen atoms in total. The topological polar surface area (TPSA) is 40.5 Å². The van der Waals surface area contributed by atoms with Crippen LogP contribution in [0, 0.1) is 5.92 Å². The first-order valence-corrected chi connectivity index (χ1v) is 3.71. The van der Waals surface area contributed by atoms with E-state index in [-0.39, 0.29) is 5.92 Å². The lowest BCUT2D eigenvalue weighted by atomic mass is 10.0. The Balaban J connectivity index is 2.61. The maximum atomic E-state index is 9.37. The number of aliphatic hydroxyl groups excluding tert-OH is 2. The highest BCUT2D eigenvalue weighted by atomic mass is 16.3. The molecular weight excluding hydrogens is 128 g/mol. The van der Waals surface area contributed by atoms with Gasteiger partial charge >= 0.3 is 0 Å². The average molecular weight is 142 g/mol. The molecule has 0 saturated heterocycles. The first-order valence-electron chi connectivity index (χ1n) is 3.71. The Morgan fingerprint density at radius 2 is 2.20 bits per heavy atom. The molecule has 10 heavy (non-hydrogen) atoms. The fourth-order valence-electron chi connectivity index (χ4n) is 1.46. The first-order chi connectivity index (χ1) is 4.66. The highest BCUT2D eigenvalue weighted by molar-refractivity contribution is 5.16. The molecule has 3 unspecified atom stereocenters. The Labute approximate surface area is 61.2 Å². The average Bonchev–Trinajstić information content (AvgIpc) is 2.17. The van der Waals surface area contributed by atoms with Crippen LogP contribution in [0.25, 0.3) is 0 Å². The van der Waals surface area contributed by atoms with E-state index in [1.54, 1.807) is 0 Å². The maximum Gasteiger partial charge on any atom is 0.0801 e. The molecular formula is C8H14O2. The molecule has 1 saturated carbocycles. The van der Waals surface area contributed by atoms with Gasteiger partial charge in [-0.2, -0.15) is 0 Å². The van der Waals surface area contributed by atoms with Crippen LogP contribution in [0.5, 0.6) is 0 Å². The second-order valence-corrected chi connectivity index (χ2v) is 2.94. The highest BCUT2D eigenvalue weighted by Crippen LogP contribution is 2.31. The van der Waals surface area contributed by atoms with E-state index in [9.17, 15) is 10.2 Å². The second-order valence-electron chi connectivity index (χ2n) is 2.94. The van der Waals surface area contributed by atoms with Crippen molar-refractivity contribution in [3.05, 3.63) is 12.2 Å². The Hall–Kier alpha value is -0.340. The molecule has 0 radical (unpaired) electrons. The molecule has 58 valence electrons. The van der Waals surface area contributed by atoms with Crippen LogP contribution >= 0.6 is 0 Å². The molecule has 1 aliphatic carbocycles. The van der Waals surface area contributed by atoms with E-state index >= 15 is 0 Å². The molecule has 0 aromatic rings. The number of aliphatic hydroxyl groups is 2. The smallest absolute Gasteiger partial charge is 0.0801 e. The monoisotopic (exact) mass is 142 g/mol. The Morgan fingerprint density at radius 3 is 2.40 bits per heavy atom. The third-order valence-electron chi connectivity index (χ3n) is 2.30. The fraction of sp³-hybridized carbons (Fsp3) is 0.750. The predicted molar refractivity (Wildman–Crippen MR) is 39.6 cm³/mol. The minimum atomic E-state index is -0.472. The summed E-state index contributed by atoms with van der Waals surface area (Å²) in [6, 6.07) is 0. The second kappa shape index (κ2) is 2.72. The van der Waals surface area contributed by atoms with Crippen LogP contribution < -0.4 is 0 Å². The van der Waals surface area contributed by atoms with Crippen LogP contribution in [0.1, 0.15) is 19.8 Å². The van der Waals surface area contributed by atoms with Crippen molar-refractivity contribution in [2.24, 2.45) is 5.92 Å². The first kappa shape index (κ1) is 7.76. The standard InChI is InChI=1S/C8H14O2/c1-3-6-4-7(9)5(2)8(6)10/h6-10H,2-4H2,1H3. The van der Waals surface area contributed by atoms with Crippen molar-refractivity contribution in [2.75, 3.05) is 0 Å². The summed E-state index contributed by atoms with van der Waals surface area (Å²) in [6.45, 7) is 5.63. The van der Waals surface area contributed by atoms with E-state index in [1.807, 2.05) is 6.92 Å². The molecule has 0 bridgehead atoms. The van der Waals surface area contributed by atoms with Crippen molar-refractivity contribution < 1.29 is 10.2 Å². The fourth-order valence-corrected chi connectivity index (χ4v) is 1.46. The van der Waals surface area contributed by atoms with Gasteiger partial charge in [-0.1, -0.05) is 19.9 Å². The quantitative estimate of drug-likeness (QED) is 0.529. The highest BCUT2D eigenvalue weighted by Gasteiger charge is 2.33. The van der Waals surface area contributed by atoms with Crippen molar-refractivity contribution in [1.29, 1.82) is 0 Å². The maximum absolute atomic E-state index is 9.37. The van der Waals surface area contributed by atoms with Gasteiger partial charge in [-0.15, -0.1) is 0 Å². The Bertz CT molecular complexity index is 142. The molecule has 0 aromatic carbocycles. The van der Waals surface area contributed by atoms with Gasteiger partial charge in [-0.05, 0) is 17.9 Å². The van der Waals surface area contributed by atoms with Crippen LogP contribution in [-0.2, 0) is 0 Å². The van der Waals surface area contributed by atoms with Crippen molar-refractivity contribution in [1.82, 2.24) is 0 Å². The van der Waals surface area contributed by atoms with E-state index in [2.05, 4.69) is 6.58 Å². The number of rotatable bonds is 1. The molecule has 0 heterocycles. The van der Waals surface area contributed by atoms with Crippen molar-refractivity contribution in [3.8, 4) is 0 Å². The molecule has 1 aliphatic rings. The third-order valence-corrected chi connectivity index (χ3v) is 2.30. The zero-order valence-electron chi connectivity index (χ0n) is 6.25. The number of hydrogen-bond donors (Lipinski definition) is 2. The summed E-state index contributed by atoms with van der Waals surface area (Å²) in [5, 5.41) is 18.6. The number of hydrogen-bond acceptors (Lipinski definition) is 2. The normalized spacial score (nSPS) is 40.7. The summed E-state index contributed by atoms with van der Waals surface area (Å²) in [4.78, 5) is 0. The SMILES string of the molecule is C=C1C(O)CC(CC)C1O. The summed E-state index contributed by atoms with van der Waals surface area (Å²) in [7, 11) is 0. The molecule has 0 spiro atoms. The van der Waals surface area contributed by atoms with Gasteiger partial charge < -0.3 is 10.2 Å². The van der Waals surface area contributed by atoms with Gasteiger partial charge in [-0.25, -0.2) is 0 Å².